The Kier molecular flexibility index (Phi) is 14.1. The predicted molar refractivity (Wildman–Crippen MR) is 45.3 cm³/mol. The number of hydrogen-bond donors (Lipinski definition) is 2. The second kappa shape index (κ2) is 11.4. The van der Waals surface area contributed by atoms with E-state index in [9.17, 15) is 0 Å². The zero-order chi connectivity index (χ0) is 8.53. The summed E-state index contributed by atoms with van der Waals surface area (Å²) >= 11 is -0.944. The standard InChI is InChI=1S/C7H11N.ClH.H3N.H2O.Pt/c8-6-7-4-2-1-3-5-7;;;;/h7H,1-5H2;1H;1H3;1H2;/q;;;;+2/p-2. The number of rotatable bonds is 0. The Labute approximate surface area is 86.6 Å². The summed E-state index contributed by atoms with van der Waals surface area (Å²) in [6.07, 6.45) is 6.20. The van der Waals surface area contributed by atoms with Gasteiger partial charge in [-0.05, 0) is 12.8 Å². The molecule has 0 spiro atoms. The summed E-state index contributed by atoms with van der Waals surface area (Å²) in [5, 5.41) is 8.44. The molecule has 12 heavy (non-hydrogen) atoms. The van der Waals surface area contributed by atoms with Crippen LogP contribution in [0.1, 0.15) is 32.1 Å². The van der Waals surface area contributed by atoms with Gasteiger partial charge in [0.05, 0.1) is 6.07 Å². The zero-order valence-corrected chi connectivity index (χ0v) is 9.94. The van der Waals surface area contributed by atoms with Gasteiger partial charge in [0, 0.05) is 5.92 Å². The number of nitriles is 1. The molecule has 1 aliphatic carbocycles. The molecule has 1 saturated carbocycles. The Bertz CT molecular complexity index is 123. The van der Waals surface area contributed by atoms with Crippen molar-refractivity contribution in [2.45, 2.75) is 32.1 Å². The fraction of sp³-hybridized carbons (Fsp3) is 0.857. The van der Waals surface area contributed by atoms with E-state index in [-0.39, 0.29) is 6.15 Å². The fourth-order valence-electron chi connectivity index (χ4n) is 1.23. The molecule has 0 heterocycles. The average Bonchev–Trinajstić information content (AvgIpc) is 2.08. The van der Waals surface area contributed by atoms with Gasteiger partial charge in [0.2, 0.25) is 0 Å². The van der Waals surface area contributed by atoms with Crippen LogP contribution in [-0.2, 0) is 17.9 Å². The van der Waals surface area contributed by atoms with Gasteiger partial charge in [-0.1, -0.05) is 19.3 Å². The summed E-state index contributed by atoms with van der Waals surface area (Å²) in [4.78, 5) is 0. The van der Waals surface area contributed by atoms with Gasteiger partial charge < -0.3 is 6.15 Å². The fourth-order valence-corrected chi connectivity index (χ4v) is 1.23. The molecule has 1 fully saturated rings. The van der Waals surface area contributed by atoms with Crippen molar-refractivity contribution in [1.29, 1.82) is 5.26 Å². The topological polar surface area (TPSA) is 79.0 Å². The molecule has 4 N–H and O–H groups in total. The first kappa shape index (κ1) is 14.9. The third kappa shape index (κ3) is 8.48. The Morgan fingerprint density at radius 3 is 2.00 bits per heavy atom. The van der Waals surface area contributed by atoms with Crippen molar-refractivity contribution >= 4 is 9.42 Å². The Balaban J connectivity index is 0. The van der Waals surface area contributed by atoms with Gasteiger partial charge in [-0.25, -0.2) is 0 Å². The van der Waals surface area contributed by atoms with Gasteiger partial charge in [0.15, 0.2) is 0 Å². The summed E-state index contributed by atoms with van der Waals surface area (Å²) in [5.74, 6) is 0.392. The Morgan fingerprint density at radius 2 is 1.75 bits per heavy atom. The molecular formula is C7H15ClN2OPt. The Morgan fingerprint density at radius 1 is 1.33 bits per heavy atom. The van der Waals surface area contributed by atoms with Gasteiger partial charge in [0.25, 0.3) is 0 Å². The summed E-state index contributed by atoms with van der Waals surface area (Å²) in [6.45, 7) is 0. The van der Waals surface area contributed by atoms with Gasteiger partial charge >= 0.3 is 31.1 Å². The molecule has 0 aliphatic heterocycles. The van der Waals surface area contributed by atoms with Gasteiger partial charge in [0.1, 0.15) is 0 Å². The SMILES string of the molecule is N.N#CC1CCCCC1.[OH][Pt][Cl]. The van der Waals surface area contributed by atoms with Crippen molar-refractivity contribution in [2.24, 2.45) is 5.92 Å². The first-order valence-electron chi connectivity index (χ1n) is 3.59. The second-order valence-electron chi connectivity index (χ2n) is 2.52. The Hall–Kier alpha value is 0.388. The minimum absolute atomic E-state index is 0. The summed E-state index contributed by atoms with van der Waals surface area (Å²) < 4.78 is 7.45. The van der Waals surface area contributed by atoms with Crippen LogP contribution < -0.4 is 6.15 Å². The van der Waals surface area contributed by atoms with E-state index >= 15 is 0 Å². The maximum atomic E-state index is 8.44. The summed E-state index contributed by atoms with van der Waals surface area (Å²) in [6, 6.07) is 2.30. The van der Waals surface area contributed by atoms with Gasteiger partial charge in [-0.15, -0.1) is 0 Å². The molecule has 0 amide bonds. The third-order valence-corrected chi connectivity index (χ3v) is 1.79. The molecule has 1 rings (SSSR count). The van der Waals surface area contributed by atoms with E-state index < -0.39 is 17.9 Å². The van der Waals surface area contributed by atoms with Crippen LogP contribution in [-0.4, -0.2) is 3.76 Å². The molecular weight excluding hydrogens is 359 g/mol. The van der Waals surface area contributed by atoms with Crippen molar-refractivity contribution in [1.82, 2.24) is 6.15 Å². The van der Waals surface area contributed by atoms with Crippen LogP contribution >= 0.6 is 9.42 Å². The molecule has 0 saturated heterocycles. The van der Waals surface area contributed by atoms with E-state index in [4.69, 9.17) is 9.02 Å². The second-order valence-corrected chi connectivity index (χ2v) is 3.78. The zero-order valence-electron chi connectivity index (χ0n) is 6.91. The average molecular weight is 374 g/mol. The van der Waals surface area contributed by atoms with Crippen LogP contribution in [0.25, 0.3) is 0 Å². The molecule has 0 aromatic heterocycles. The molecule has 76 valence electrons. The summed E-state index contributed by atoms with van der Waals surface area (Å²) in [5.41, 5.74) is 0. The van der Waals surface area contributed by atoms with Crippen LogP contribution in [0.3, 0.4) is 0 Å². The molecule has 0 aromatic carbocycles. The molecule has 0 bridgehead atoms. The van der Waals surface area contributed by atoms with E-state index in [0.717, 1.165) is 12.8 Å². The molecule has 0 aromatic rings. The van der Waals surface area contributed by atoms with Crippen LogP contribution in [0.2, 0.25) is 0 Å². The first-order valence-corrected chi connectivity index (χ1v) is 7.42. The van der Waals surface area contributed by atoms with Crippen LogP contribution in [0.5, 0.6) is 0 Å². The third-order valence-electron chi connectivity index (χ3n) is 1.79. The molecule has 1 aliphatic rings. The van der Waals surface area contributed by atoms with Crippen molar-refractivity contribution < 1.29 is 21.7 Å². The van der Waals surface area contributed by atoms with Gasteiger partial charge in [-0.2, -0.15) is 5.26 Å². The van der Waals surface area contributed by atoms with E-state index in [1.165, 1.54) is 19.3 Å². The predicted octanol–water partition coefficient (Wildman–Crippen LogP) is 2.38. The van der Waals surface area contributed by atoms with Crippen LogP contribution in [0.4, 0.5) is 0 Å². The van der Waals surface area contributed by atoms with Crippen molar-refractivity contribution in [3.8, 4) is 6.07 Å². The minimum atomic E-state index is -0.944. The van der Waals surface area contributed by atoms with E-state index in [1.54, 1.807) is 0 Å². The van der Waals surface area contributed by atoms with Gasteiger partial charge in [-0.3, -0.25) is 0 Å². The molecule has 5 heteroatoms. The molecule has 0 radical (unpaired) electrons. The first-order chi connectivity index (χ1) is 5.35. The quantitative estimate of drug-likeness (QED) is 0.684. The molecule has 0 unspecified atom stereocenters. The van der Waals surface area contributed by atoms with E-state index in [0.29, 0.717) is 5.92 Å². The summed E-state index contributed by atoms with van der Waals surface area (Å²) in [7, 11) is 4.67. The molecule has 0 atom stereocenters. The van der Waals surface area contributed by atoms with E-state index in [2.05, 4.69) is 15.5 Å². The number of hydrogen-bond acceptors (Lipinski definition) is 3. The maximum absolute atomic E-state index is 8.44. The van der Waals surface area contributed by atoms with Crippen LogP contribution in [0, 0.1) is 17.2 Å². The van der Waals surface area contributed by atoms with Crippen molar-refractivity contribution in [3.63, 3.8) is 0 Å². The monoisotopic (exact) mass is 373 g/mol. The van der Waals surface area contributed by atoms with E-state index in [1.807, 2.05) is 0 Å². The normalized spacial score (nSPS) is 16.8. The number of halogens is 1. The van der Waals surface area contributed by atoms with Crippen LogP contribution in [0.15, 0.2) is 0 Å². The van der Waals surface area contributed by atoms with Crippen molar-refractivity contribution in [2.75, 3.05) is 0 Å². The number of nitrogens with zero attached hydrogens (tertiary/aromatic N) is 1. The molecule has 3 nitrogen and oxygen atoms in total. The van der Waals surface area contributed by atoms with Crippen molar-refractivity contribution in [3.05, 3.63) is 0 Å².